The zero-order valence-corrected chi connectivity index (χ0v) is 11.1. The Balaban J connectivity index is -0.000000153. The van der Waals surface area contributed by atoms with Gasteiger partial charge >= 0.3 is 0 Å². The Labute approximate surface area is 96.0 Å². The Bertz CT molecular complexity index is 91.1. The van der Waals surface area contributed by atoms with E-state index >= 15 is 0 Å². The van der Waals surface area contributed by atoms with Crippen molar-refractivity contribution in [1.82, 2.24) is 0 Å². The predicted molar refractivity (Wildman–Crippen MR) is 68.0 cm³/mol. The smallest absolute Gasteiger partial charge is 0.222 e. The molecule has 2 nitrogen and oxygen atoms in total. The Kier molecular flexibility index (Phi) is 38.7. The van der Waals surface area contributed by atoms with Gasteiger partial charge in [-0.25, -0.2) is 10.2 Å². The largest absolute Gasteiger partial charge is 0.231 e. The summed E-state index contributed by atoms with van der Waals surface area (Å²) in [7, 11) is 0. The normalized spacial score (nSPS) is 7.73. The standard InChI is InChI=1S/2C6H14.CHNO/c2*1-3-5-6-4-2;2-1-3/h2*3-6H2,1-2H3;2H. The van der Waals surface area contributed by atoms with Crippen molar-refractivity contribution in [2.75, 3.05) is 0 Å². The Morgan fingerprint density at radius 2 is 0.867 bits per heavy atom. The number of nitrogens with one attached hydrogen (secondary N) is 1. The van der Waals surface area contributed by atoms with Gasteiger partial charge in [-0.15, -0.1) is 0 Å². The fourth-order valence-electron chi connectivity index (χ4n) is 1.000. The summed E-state index contributed by atoms with van der Waals surface area (Å²) in [4.78, 5) is 8.35. The van der Waals surface area contributed by atoms with Crippen molar-refractivity contribution in [2.24, 2.45) is 0 Å². The molecule has 0 aromatic heterocycles. The van der Waals surface area contributed by atoms with E-state index in [-0.39, 0.29) is 0 Å². The van der Waals surface area contributed by atoms with E-state index < -0.39 is 0 Å². The van der Waals surface area contributed by atoms with E-state index in [2.05, 4.69) is 27.7 Å². The van der Waals surface area contributed by atoms with Crippen LogP contribution in [0.15, 0.2) is 0 Å². The fraction of sp³-hybridized carbons (Fsp3) is 0.923. The van der Waals surface area contributed by atoms with Crippen LogP contribution in [0, 0.1) is 5.41 Å². The number of hydrogen-bond donors (Lipinski definition) is 1. The number of hydrogen-bond acceptors (Lipinski definition) is 2. The molecular formula is C13H29NO. The molecule has 0 spiro atoms. The second-order valence-electron chi connectivity index (χ2n) is 3.52. The van der Waals surface area contributed by atoms with Crippen molar-refractivity contribution >= 4 is 6.08 Å². The molecule has 0 amide bonds. The number of rotatable bonds is 6. The van der Waals surface area contributed by atoms with Crippen LogP contribution in [0.4, 0.5) is 0 Å². The van der Waals surface area contributed by atoms with Crippen LogP contribution in [0.3, 0.4) is 0 Å². The van der Waals surface area contributed by atoms with Crippen LogP contribution in [-0.4, -0.2) is 6.08 Å². The van der Waals surface area contributed by atoms with Gasteiger partial charge in [0.2, 0.25) is 6.08 Å². The molecule has 0 aliphatic heterocycles. The Hall–Kier alpha value is -0.620. The van der Waals surface area contributed by atoms with E-state index in [4.69, 9.17) is 10.2 Å². The van der Waals surface area contributed by atoms with Gasteiger partial charge in [-0.3, -0.25) is 0 Å². The van der Waals surface area contributed by atoms with E-state index in [9.17, 15) is 0 Å². The summed E-state index contributed by atoms with van der Waals surface area (Å²) in [5, 5.41) is 5.40. The topological polar surface area (TPSA) is 40.9 Å². The molecule has 0 aromatic rings. The van der Waals surface area contributed by atoms with Crippen LogP contribution in [0.25, 0.3) is 0 Å². The highest BCUT2D eigenvalue weighted by Crippen LogP contribution is 1.95. The fourth-order valence-corrected chi connectivity index (χ4v) is 1.000. The summed E-state index contributed by atoms with van der Waals surface area (Å²) >= 11 is 0. The molecule has 0 unspecified atom stereocenters. The van der Waals surface area contributed by atoms with Crippen LogP contribution in [-0.2, 0) is 4.79 Å². The van der Waals surface area contributed by atoms with Crippen LogP contribution >= 0.6 is 0 Å². The molecule has 0 aliphatic rings. The summed E-state index contributed by atoms with van der Waals surface area (Å²) in [5.41, 5.74) is 0. The first-order valence-corrected chi connectivity index (χ1v) is 6.28. The third kappa shape index (κ3) is 59.9. The second-order valence-corrected chi connectivity index (χ2v) is 3.52. The van der Waals surface area contributed by atoms with E-state index in [1.165, 1.54) is 51.4 Å². The first-order chi connectivity index (χ1) is 7.24. The van der Waals surface area contributed by atoms with E-state index in [0.717, 1.165) is 6.08 Å². The van der Waals surface area contributed by atoms with Gasteiger partial charge in [-0.05, 0) is 0 Å². The highest BCUT2D eigenvalue weighted by atomic mass is 16.1. The van der Waals surface area contributed by atoms with Crippen molar-refractivity contribution in [3.8, 4) is 0 Å². The molecule has 0 aromatic carbocycles. The molecule has 0 saturated carbocycles. The quantitative estimate of drug-likeness (QED) is 0.375. The lowest BCUT2D eigenvalue weighted by Crippen LogP contribution is -1.66. The summed E-state index contributed by atoms with van der Waals surface area (Å²) < 4.78 is 0. The van der Waals surface area contributed by atoms with E-state index in [1.807, 2.05) is 0 Å². The summed E-state index contributed by atoms with van der Waals surface area (Å²) in [5.74, 6) is 0. The molecule has 0 rings (SSSR count). The van der Waals surface area contributed by atoms with Crippen LogP contribution < -0.4 is 0 Å². The number of isocyanates is 1. The lowest BCUT2D eigenvalue weighted by Gasteiger charge is -1.86. The SMILES string of the molecule is CCCCCC.CCCCCC.N=C=O. The third-order valence-electron chi connectivity index (χ3n) is 1.91. The maximum atomic E-state index is 8.35. The minimum absolute atomic E-state index is 0.750. The maximum Gasteiger partial charge on any atom is 0.231 e. The molecule has 0 saturated heterocycles. The molecule has 0 heterocycles. The summed E-state index contributed by atoms with van der Waals surface area (Å²) in [6.45, 7) is 8.93. The molecule has 2 heteroatoms. The molecule has 0 aliphatic carbocycles. The third-order valence-corrected chi connectivity index (χ3v) is 1.91. The number of carbonyl (C=O) groups excluding carboxylic acids is 1. The van der Waals surface area contributed by atoms with Gasteiger partial charge in [0.25, 0.3) is 0 Å². The van der Waals surface area contributed by atoms with Crippen molar-refractivity contribution in [2.45, 2.75) is 79.1 Å². The molecule has 0 bridgehead atoms. The average molecular weight is 215 g/mol. The van der Waals surface area contributed by atoms with E-state index in [0.29, 0.717) is 0 Å². The monoisotopic (exact) mass is 215 g/mol. The predicted octanol–water partition coefficient (Wildman–Crippen LogP) is 5.07. The van der Waals surface area contributed by atoms with Gasteiger partial charge in [0.05, 0.1) is 0 Å². The Morgan fingerprint density at radius 3 is 0.933 bits per heavy atom. The first kappa shape index (κ1) is 19.9. The summed E-state index contributed by atoms with van der Waals surface area (Å²) in [6.07, 6.45) is 11.8. The molecule has 1 N–H and O–H groups in total. The minimum Gasteiger partial charge on any atom is -0.222 e. The number of unbranched alkanes of at least 4 members (excludes halogenated alkanes) is 6. The van der Waals surface area contributed by atoms with Gasteiger partial charge in [0.15, 0.2) is 0 Å². The Morgan fingerprint density at radius 1 is 0.733 bits per heavy atom. The van der Waals surface area contributed by atoms with E-state index in [1.54, 1.807) is 0 Å². The van der Waals surface area contributed by atoms with Gasteiger partial charge in [0, 0.05) is 0 Å². The summed E-state index contributed by atoms with van der Waals surface area (Å²) in [6, 6.07) is 0. The van der Waals surface area contributed by atoms with Gasteiger partial charge in [-0.2, -0.15) is 0 Å². The minimum atomic E-state index is 0.750. The van der Waals surface area contributed by atoms with Crippen molar-refractivity contribution < 1.29 is 4.79 Å². The molecular weight excluding hydrogens is 186 g/mol. The highest BCUT2D eigenvalue weighted by molar-refractivity contribution is 5.26. The molecule has 0 fully saturated rings. The van der Waals surface area contributed by atoms with Gasteiger partial charge in [-0.1, -0.05) is 79.1 Å². The lowest BCUT2D eigenvalue weighted by molar-refractivity contribution is 0.563. The second kappa shape index (κ2) is 29.2. The zero-order valence-electron chi connectivity index (χ0n) is 11.1. The lowest BCUT2D eigenvalue weighted by atomic mass is 10.2. The molecule has 92 valence electrons. The molecule has 0 radical (unpaired) electrons. The van der Waals surface area contributed by atoms with Crippen molar-refractivity contribution in [1.29, 1.82) is 5.41 Å². The molecule has 15 heavy (non-hydrogen) atoms. The van der Waals surface area contributed by atoms with Crippen molar-refractivity contribution in [3.05, 3.63) is 0 Å². The van der Waals surface area contributed by atoms with Crippen LogP contribution in [0.1, 0.15) is 79.1 Å². The van der Waals surface area contributed by atoms with Gasteiger partial charge < -0.3 is 0 Å². The maximum absolute atomic E-state index is 8.35. The van der Waals surface area contributed by atoms with Crippen LogP contribution in [0.5, 0.6) is 0 Å². The molecule has 0 atom stereocenters. The first-order valence-electron chi connectivity index (χ1n) is 6.28. The highest BCUT2D eigenvalue weighted by Gasteiger charge is 1.75. The average Bonchev–Trinajstić information content (AvgIpc) is 2.25. The van der Waals surface area contributed by atoms with Gasteiger partial charge in [0.1, 0.15) is 0 Å². The zero-order chi connectivity index (χ0) is 12.4. The van der Waals surface area contributed by atoms with Crippen LogP contribution in [0.2, 0.25) is 0 Å². The van der Waals surface area contributed by atoms with Crippen molar-refractivity contribution in [3.63, 3.8) is 0 Å².